The Labute approximate surface area is 161 Å². The lowest BCUT2D eigenvalue weighted by Gasteiger charge is -2.26. The number of imidazole rings is 1. The van der Waals surface area contributed by atoms with Gasteiger partial charge in [-0.05, 0) is 56.4 Å². The van der Waals surface area contributed by atoms with Gasteiger partial charge in [-0.3, -0.25) is 4.90 Å². The third-order valence-electron chi connectivity index (χ3n) is 5.04. The van der Waals surface area contributed by atoms with Crippen molar-refractivity contribution in [1.29, 1.82) is 0 Å². The van der Waals surface area contributed by atoms with Crippen molar-refractivity contribution >= 4 is 29.4 Å². The van der Waals surface area contributed by atoms with E-state index in [1.807, 2.05) is 22.8 Å². The Bertz CT molecular complexity index is 739. The van der Waals surface area contributed by atoms with Crippen LogP contribution in [0.25, 0.3) is 11.2 Å². The highest BCUT2D eigenvalue weighted by atomic mass is 35.5. The van der Waals surface area contributed by atoms with Gasteiger partial charge in [0.05, 0.1) is 25.1 Å². The first-order valence-electron chi connectivity index (χ1n) is 9.48. The van der Waals surface area contributed by atoms with Crippen LogP contribution in [-0.4, -0.2) is 58.9 Å². The molecule has 6 nitrogen and oxygen atoms in total. The van der Waals surface area contributed by atoms with Crippen molar-refractivity contribution in [1.82, 2.24) is 19.5 Å². The Morgan fingerprint density at radius 3 is 2.85 bits per heavy atom. The number of hydrogen-bond acceptors (Lipinski definition) is 5. The first-order chi connectivity index (χ1) is 12.4. The summed E-state index contributed by atoms with van der Waals surface area (Å²) in [4.78, 5) is 6.97. The van der Waals surface area contributed by atoms with Gasteiger partial charge in [0.25, 0.3) is 0 Å². The Balaban J connectivity index is 0.00000196. The average molecular weight is 378 g/mol. The van der Waals surface area contributed by atoms with Crippen molar-refractivity contribution in [3.8, 4) is 0 Å². The number of halogens is 1. The number of ether oxygens (including phenoxy) is 1. The summed E-state index contributed by atoms with van der Waals surface area (Å²) in [6.07, 6.45) is 10.3. The normalized spacial score (nSPS) is 18.4. The third kappa shape index (κ3) is 4.55. The van der Waals surface area contributed by atoms with E-state index < -0.39 is 0 Å². The smallest absolute Gasteiger partial charge is 0.154 e. The molecule has 7 heteroatoms. The van der Waals surface area contributed by atoms with Crippen molar-refractivity contribution in [2.75, 3.05) is 44.7 Å². The van der Waals surface area contributed by atoms with Crippen LogP contribution in [-0.2, 0) is 4.74 Å². The van der Waals surface area contributed by atoms with Crippen molar-refractivity contribution in [3.05, 3.63) is 30.1 Å². The lowest BCUT2D eigenvalue weighted by molar-refractivity contribution is 0.0378. The van der Waals surface area contributed by atoms with Gasteiger partial charge in [0, 0.05) is 19.6 Å². The van der Waals surface area contributed by atoms with Crippen molar-refractivity contribution in [2.45, 2.75) is 32.1 Å². The summed E-state index contributed by atoms with van der Waals surface area (Å²) in [5.74, 6) is 0.921. The second kappa shape index (κ2) is 9.35. The molecule has 0 bridgehead atoms. The summed E-state index contributed by atoms with van der Waals surface area (Å²) < 4.78 is 7.38. The number of rotatable bonds is 6. The molecule has 0 saturated carbocycles. The SMILES string of the molecule is C1=C(c2cnc3ccc(NCCCN4CCOCC4)nn23)CCCC1.Cl. The largest absolute Gasteiger partial charge is 0.379 e. The topological polar surface area (TPSA) is 54.7 Å². The van der Waals surface area contributed by atoms with Gasteiger partial charge in [0.2, 0.25) is 0 Å². The summed E-state index contributed by atoms with van der Waals surface area (Å²) in [6, 6.07) is 4.07. The summed E-state index contributed by atoms with van der Waals surface area (Å²) >= 11 is 0. The van der Waals surface area contributed by atoms with E-state index in [-0.39, 0.29) is 12.4 Å². The first-order valence-corrected chi connectivity index (χ1v) is 9.48. The maximum absolute atomic E-state index is 5.39. The standard InChI is InChI=1S/C19H27N5O.ClH/c1-2-5-16(6-3-1)17-15-21-19-8-7-18(22-24(17)19)20-9-4-10-23-11-13-25-14-12-23;/h5,7-8,15H,1-4,6,9-14H2,(H,20,22);1H. The summed E-state index contributed by atoms with van der Waals surface area (Å²) in [7, 11) is 0. The van der Waals surface area contributed by atoms with E-state index in [4.69, 9.17) is 9.84 Å². The third-order valence-corrected chi connectivity index (χ3v) is 5.04. The maximum Gasteiger partial charge on any atom is 0.154 e. The van der Waals surface area contributed by atoms with E-state index in [1.54, 1.807) is 0 Å². The van der Waals surface area contributed by atoms with Gasteiger partial charge in [-0.25, -0.2) is 9.50 Å². The maximum atomic E-state index is 5.39. The molecule has 1 fully saturated rings. The number of nitrogens with one attached hydrogen (secondary N) is 1. The summed E-state index contributed by atoms with van der Waals surface area (Å²) in [5.41, 5.74) is 3.45. The van der Waals surface area contributed by atoms with Gasteiger partial charge in [-0.1, -0.05) is 6.08 Å². The lowest BCUT2D eigenvalue weighted by atomic mass is 9.98. The molecule has 0 unspecified atom stereocenters. The van der Waals surface area contributed by atoms with Crippen LogP contribution in [0.15, 0.2) is 24.4 Å². The molecule has 1 saturated heterocycles. The van der Waals surface area contributed by atoms with Gasteiger partial charge in [0.15, 0.2) is 5.65 Å². The van der Waals surface area contributed by atoms with Crippen LogP contribution in [0.5, 0.6) is 0 Å². The molecule has 2 aromatic rings. The predicted molar refractivity (Wildman–Crippen MR) is 107 cm³/mol. The average Bonchev–Trinajstić information content (AvgIpc) is 3.10. The molecule has 0 spiro atoms. The highest BCUT2D eigenvalue weighted by Gasteiger charge is 2.13. The summed E-state index contributed by atoms with van der Waals surface area (Å²) in [5, 5.41) is 8.22. The molecule has 1 aliphatic heterocycles. The van der Waals surface area contributed by atoms with Crippen LogP contribution in [0.1, 0.15) is 37.8 Å². The molecule has 2 aromatic heterocycles. The molecule has 1 N–H and O–H groups in total. The quantitative estimate of drug-likeness (QED) is 0.783. The van der Waals surface area contributed by atoms with Crippen LogP contribution in [0, 0.1) is 0 Å². The number of nitrogens with zero attached hydrogens (tertiary/aromatic N) is 4. The van der Waals surface area contributed by atoms with E-state index in [1.165, 1.54) is 24.8 Å². The molecule has 2 aliphatic rings. The van der Waals surface area contributed by atoms with Gasteiger partial charge in [-0.2, -0.15) is 0 Å². The van der Waals surface area contributed by atoms with Crippen LogP contribution < -0.4 is 5.32 Å². The van der Waals surface area contributed by atoms with E-state index in [0.717, 1.165) is 69.4 Å². The van der Waals surface area contributed by atoms with Crippen LogP contribution >= 0.6 is 12.4 Å². The lowest BCUT2D eigenvalue weighted by Crippen LogP contribution is -2.37. The highest BCUT2D eigenvalue weighted by molar-refractivity contribution is 5.85. The van der Waals surface area contributed by atoms with E-state index in [0.29, 0.717) is 0 Å². The van der Waals surface area contributed by atoms with Crippen LogP contribution in [0.2, 0.25) is 0 Å². The Morgan fingerprint density at radius 1 is 1.15 bits per heavy atom. The molecule has 142 valence electrons. The zero-order chi connectivity index (χ0) is 16.9. The minimum absolute atomic E-state index is 0. The van der Waals surface area contributed by atoms with E-state index in [9.17, 15) is 0 Å². The van der Waals surface area contributed by atoms with Gasteiger partial charge in [-0.15, -0.1) is 17.5 Å². The molecule has 4 rings (SSSR count). The minimum atomic E-state index is 0. The van der Waals surface area contributed by atoms with Gasteiger partial charge >= 0.3 is 0 Å². The molecule has 1 aliphatic carbocycles. The van der Waals surface area contributed by atoms with Crippen LogP contribution in [0.3, 0.4) is 0 Å². The number of aromatic nitrogens is 3. The van der Waals surface area contributed by atoms with Gasteiger partial charge < -0.3 is 10.1 Å². The number of allylic oxidation sites excluding steroid dienone is 2. The fourth-order valence-electron chi connectivity index (χ4n) is 3.60. The van der Waals surface area contributed by atoms with Crippen molar-refractivity contribution in [2.24, 2.45) is 0 Å². The molecule has 0 amide bonds. The molecular weight excluding hydrogens is 350 g/mol. The Morgan fingerprint density at radius 2 is 2.04 bits per heavy atom. The zero-order valence-electron chi connectivity index (χ0n) is 15.2. The first kappa shape index (κ1) is 19.1. The van der Waals surface area contributed by atoms with Crippen molar-refractivity contribution in [3.63, 3.8) is 0 Å². The van der Waals surface area contributed by atoms with E-state index >= 15 is 0 Å². The minimum Gasteiger partial charge on any atom is -0.379 e. The molecule has 26 heavy (non-hydrogen) atoms. The van der Waals surface area contributed by atoms with E-state index in [2.05, 4.69) is 21.3 Å². The van der Waals surface area contributed by atoms with Crippen molar-refractivity contribution < 1.29 is 4.74 Å². The monoisotopic (exact) mass is 377 g/mol. The number of hydrogen-bond donors (Lipinski definition) is 1. The number of anilines is 1. The molecule has 0 radical (unpaired) electrons. The Hall–Kier alpha value is -1.63. The zero-order valence-corrected chi connectivity index (χ0v) is 16.0. The van der Waals surface area contributed by atoms with Crippen LogP contribution in [0.4, 0.5) is 5.82 Å². The second-order valence-corrected chi connectivity index (χ2v) is 6.84. The predicted octanol–water partition coefficient (Wildman–Crippen LogP) is 3.24. The fourth-order valence-corrected chi connectivity index (χ4v) is 3.60. The Kier molecular flexibility index (Phi) is 6.88. The molecule has 0 atom stereocenters. The fraction of sp³-hybridized carbons (Fsp3) is 0.579. The summed E-state index contributed by atoms with van der Waals surface area (Å²) in [6.45, 7) is 5.88. The van der Waals surface area contributed by atoms with Gasteiger partial charge in [0.1, 0.15) is 5.82 Å². The molecule has 3 heterocycles. The number of morpholine rings is 1. The molecule has 0 aromatic carbocycles. The highest BCUT2D eigenvalue weighted by Crippen LogP contribution is 2.27. The number of fused-ring (bicyclic) bond motifs is 1. The second-order valence-electron chi connectivity index (χ2n) is 6.84. The molecular formula is C19H28ClN5O.